The number of hydrogen-bond donors (Lipinski definition) is 1. The van der Waals surface area contributed by atoms with Gasteiger partial charge in [-0.2, -0.15) is 0 Å². The summed E-state index contributed by atoms with van der Waals surface area (Å²) in [6, 6.07) is 6.60. The van der Waals surface area contributed by atoms with Gasteiger partial charge in [0.2, 0.25) is 0 Å². The average molecular weight is 298 g/mol. The highest BCUT2D eigenvalue weighted by atomic mass is 35.5. The summed E-state index contributed by atoms with van der Waals surface area (Å²) < 4.78 is 5.21. The molecule has 1 rings (SSSR count). The molecule has 0 bridgehead atoms. The summed E-state index contributed by atoms with van der Waals surface area (Å²) in [6.45, 7) is 6.85. The van der Waals surface area contributed by atoms with E-state index in [2.05, 4.69) is 5.32 Å². The van der Waals surface area contributed by atoms with Crippen LogP contribution in [0.25, 0.3) is 0 Å². The van der Waals surface area contributed by atoms with E-state index in [9.17, 15) is 9.59 Å². The monoisotopic (exact) mass is 297 g/mol. The average Bonchev–Trinajstić information content (AvgIpc) is 2.25. The molecule has 0 fully saturated rings. The summed E-state index contributed by atoms with van der Waals surface area (Å²) >= 11 is 5.84. The van der Waals surface area contributed by atoms with Crippen molar-refractivity contribution >= 4 is 23.5 Å². The molecule has 0 unspecified atom stereocenters. The Balaban J connectivity index is 2.82. The standard InChI is InChI=1S/C15H20ClNO3/c1-10(18)9-13(11-5-7-12(16)8-6-11)17-14(19)20-15(2,3)4/h5-8,13H,9H2,1-4H3,(H,17,19)/t13-/m0/s1. The summed E-state index contributed by atoms with van der Waals surface area (Å²) in [7, 11) is 0. The van der Waals surface area contributed by atoms with E-state index in [-0.39, 0.29) is 12.2 Å². The van der Waals surface area contributed by atoms with E-state index in [1.54, 1.807) is 45.0 Å². The number of halogens is 1. The molecule has 0 saturated heterocycles. The molecule has 110 valence electrons. The molecule has 0 aliphatic carbocycles. The van der Waals surface area contributed by atoms with Gasteiger partial charge in [0.1, 0.15) is 11.4 Å². The SMILES string of the molecule is CC(=O)C[C@H](NC(=O)OC(C)(C)C)c1ccc(Cl)cc1. The highest BCUT2D eigenvalue weighted by Crippen LogP contribution is 2.20. The number of alkyl carbamates (subject to hydrolysis) is 1. The van der Waals surface area contributed by atoms with Crippen LogP contribution in [0.15, 0.2) is 24.3 Å². The number of carbonyl (C=O) groups excluding carboxylic acids is 2. The summed E-state index contributed by atoms with van der Waals surface area (Å²) in [5.41, 5.74) is 0.237. The maximum Gasteiger partial charge on any atom is 0.408 e. The van der Waals surface area contributed by atoms with Crippen molar-refractivity contribution in [2.45, 2.75) is 45.8 Å². The van der Waals surface area contributed by atoms with Gasteiger partial charge in [0.15, 0.2) is 0 Å². The Morgan fingerprint density at radius 2 is 1.80 bits per heavy atom. The molecule has 1 amide bonds. The molecule has 0 aliphatic heterocycles. The summed E-state index contributed by atoms with van der Waals surface area (Å²) in [6.07, 6.45) is -0.334. The molecular weight excluding hydrogens is 278 g/mol. The molecule has 0 heterocycles. The van der Waals surface area contributed by atoms with Crippen LogP contribution < -0.4 is 5.32 Å². The molecule has 1 atom stereocenters. The third-order valence-electron chi connectivity index (χ3n) is 2.45. The molecular formula is C15H20ClNO3. The number of hydrogen-bond acceptors (Lipinski definition) is 3. The maximum absolute atomic E-state index is 11.8. The van der Waals surface area contributed by atoms with E-state index >= 15 is 0 Å². The van der Waals surface area contributed by atoms with Gasteiger partial charge in [-0.15, -0.1) is 0 Å². The maximum atomic E-state index is 11.8. The van der Waals surface area contributed by atoms with Gasteiger partial charge in [-0.3, -0.25) is 4.79 Å². The number of carbonyl (C=O) groups is 2. The van der Waals surface area contributed by atoms with E-state index in [0.29, 0.717) is 5.02 Å². The molecule has 5 heteroatoms. The second kappa shape index (κ2) is 6.75. The number of benzene rings is 1. The summed E-state index contributed by atoms with van der Waals surface area (Å²) in [5, 5.41) is 3.32. The van der Waals surface area contributed by atoms with Gasteiger partial charge in [0.05, 0.1) is 6.04 Å². The molecule has 4 nitrogen and oxygen atoms in total. The molecule has 0 spiro atoms. The second-order valence-corrected chi connectivity index (χ2v) is 6.09. The van der Waals surface area contributed by atoms with E-state index in [0.717, 1.165) is 5.56 Å². The fourth-order valence-corrected chi connectivity index (χ4v) is 1.81. The van der Waals surface area contributed by atoms with E-state index < -0.39 is 17.7 Å². The van der Waals surface area contributed by atoms with Crippen LogP contribution in [0.3, 0.4) is 0 Å². The molecule has 0 aliphatic rings. The van der Waals surface area contributed by atoms with Crippen LogP contribution in [-0.2, 0) is 9.53 Å². The van der Waals surface area contributed by atoms with Gasteiger partial charge >= 0.3 is 6.09 Å². The van der Waals surface area contributed by atoms with Gasteiger partial charge in [0.25, 0.3) is 0 Å². The predicted molar refractivity (Wildman–Crippen MR) is 78.9 cm³/mol. The van der Waals surface area contributed by atoms with Crippen LogP contribution in [0.2, 0.25) is 5.02 Å². The van der Waals surface area contributed by atoms with Crippen LogP contribution in [0.1, 0.15) is 45.7 Å². The van der Waals surface area contributed by atoms with Crippen molar-refractivity contribution in [2.75, 3.05) is 0 Å². The smallest absolute Gasteiger partial charge is 0.408 e. The van der Waals surface area contributed by atoms with Crippen molar-refractivity contribution in [3.8, 4) is 0 Å². The van der Waals surface area contributed by atoms with E-state index in [4.69, 9.17) is 16.3 Å². The van der Waals surface area contributed by atoms with Gasteiger partial charge in [-0.25, -0.2) is 4.79 Å². The van der Waals surface area contributed by atoms with Crippen molar-refractivity contribution in [1.29, 1.82) is 0 Å². The molecule has 1 N–H and O–H groups in total. The Kier molecular flexibility index (Phi) is 5.57. The first-order valence-electron chi connectivity index (χ1n) is 6.42. The van der Waals surface area contributed by atoms with Gasteiger partial charge in [0, 0.05) is 11.4 Å². The Morgan fingerprint density at radius 1 is 1.25 bits per heavy atom. The van der Waals surface area contributed by atoms with Crippen LogP contribution in [0.5, 0.6) is 0 Å². The van der Waals surface area contributed by atoms with Gasteiger partial charge < -0.3 is 10.1 Å². The largest absolute Gasteiger partial charge is 0.444 e. The number of nitrogens with one attached hydrogen (secondary N) is 1. The predicted octanol–water partition coefficient (Wildman–Crippen LogP) is 3.88. The van der Waals surface area contributed by atoms with Crippen molar-refractivity contribution in [2.24, 2.45) is 0 Å². The Labute approximate surface area is 124 Å². The lowest BCUT2D eigenvalue weighted by Gasteiger charge is -2.23. The fourth-order valence-electron chi connectivity index (χ4n) is 1.68. The quantitative estimate of drug-likeness (QED) is 0.917. The third-order valence-corrected chi connectivity index (χ3v) is 2.71. The first kappa shape index (κ1) is 16.5. The lowest BCUT2D eigenvalue weighted by Crippen LogP contribution is -2.35. The minimum Gasteiger partial charge on any atom is -0.444 e. The summed E-state index contributed by atoms with van der Waals surface area (Å²) in [4.78, 5) is 23.2. The third kappa shape index (κ3) is 6.06. The lowest BCUT2D eigenvalue weighted by atomic mass is 10.0. The second-order valence-electron chi connectivity index (χ2n) is 5.66. The molecule has 0 radical (unpaired) electrons. The number of ketones is 1. The first-order chi connectivity index (χ1) is 9.17. The van der Waals surface area contributed by atoms with Crippen molar-refractivity contribution in [3.63, 3.8) is 0 Å². The van der Waals surface area contributed by atoms with Crippen LogP contribution >= 0.6 is 11.6 Å². The highest BCUT2D eigenvalue weighted by molar-refractivity contribution is 6.30. The molecule has 0 aromatic heterocycles. The molecule has 1 aromatic rings. The number of amides is 1. The van der Waals surface area contributed by atoms with Crippen molar-refractivity contribution in [1.82, 2.24) is 5.32 Å². The zero-order valence-corrected chi connectivity index (χ0v) is 13.0. The van der Waals surface area contributed by atoms with E-state index in [1.807, 2.05) is 0 Å². The molecule has 20 heavy (non-hydrogen) atoms. The Hall–Kier alpha value is -1.55. The minimum atomic E-state index is -0.579. The first-order valence-corrected chi connectivity index (χ1v) is 6.79. The number of Topliss-reactive ketones (excluding diaryl/α,β-unsaturated/α-hetero) is 1. The lowest BCUT2D eigenvalue weighted by molar-refractivity contribution is -0.117. The number of ether oxygens (including phenoxy) is 1. The van der Waals surface area contributed by atoms with Crippen molar-refractivity contribution in [3.05, 3.63) is 34.9 Å². The highest BCUT2D eigenvalue weighted by Gasteiger charge is 2.21. The Morgan fingerprint density at radius 3 is 2.25 bits per heavy atom. The fraction of sp³-hybridized carbons (Fsp3) is 0.467. The van der Waals surface area contributed by atoms with Crippen LogP contribution in [0.4, 0.5) is 4.79 Å². The van der Waals surface area contributed by atoms with E-state index in [1.165, 1.54) is 6.92 Å². The molecule has 0 saturated carbocycles. The van der Waals surface area contributed by atoms with Gasteiger partial charge in [-0.1, -0.05) is 23.7 Å². The molecule has 1 aromatic carbocycles. The van der Waals surface area contributed by atoms with Crippen LogP contribution in [0, 0.1) is 0 Å². The topological polar surface area (TPSA) is 55.4 Å². The van der Waals surface area contributed by atoms with Crippen molar-refractivity contribution < 1.29 is 14.3 Å². The Bertz CT molecular complexity index is 477. The summed E-state index contributed by atoms with van der Waals surface area (Å²) in [5.74, 6) is -0.0130. The van der Waals surface area contributed by atoms with Gasteiger partial charge in [-0.05, 0) is 45.4 Å². The zero-order valence-electron chi connectivity index (χ0n) is 12.2. The minimum absolute atomic E-state index is 0.0130. The normalized spacial score (nSPS) is 12.7. The zero-order chi connectivity index (χ0) is 15.3. The van der Waals surface area contributed by atoms with Crippen LogP contribution in [-0.4, -0.2) is 17.5 Å². The number of rotatable bonds is 4.